The van der Waals surface area contributed by atoms with Crippen LogP contribution in [-0.4, -0.2) is 115 Å². The summed E-state index contributed by atoms with van der Waals surface area (Å²) >= 11 is 0. The van der Waals surface area contributed by atoms with E-state index in [-0.39, 0.29) is 48.1 Å². The van der Waals surface area contributed by atoms with Crippen molar-refractivity contribution in [2.75, 3.05) is 31.5 Å². The summed E-state index contributed by atoms with van der Waals surface area (Å²) in [5.41, 5.74) is 2.09. The smallest absolute Gasteiger partial charge is 0.534 e. The van der Waals surface area contributed by atoms with Gasteiger partial charge in [-0.1, -0.05) is 18.2 Å². The van der Waals surface area contributed by atoms with Gasteiger partial charge in [-0.3, -0.25) is 4.57 Å². The van der Waals surface area contributed by atoms with Crippen molar-refractivity contribution in [2.45, 2.75) is 70.6 Å². The van der Waals surface area contributed by atoms with Crippen molar-refractivity contribution in [1.29, 1.82) is 0 Å². The zero-order valence-electron chi connectivity index (χ0n) is 32.9. The van der Waals surface area contributed by atoms with Crippen LogP contribution in [0.4, 0.5) is 24.5 Å². The number of rotatable bonds is 7. The van der Waals surface area contributed by atoms with Gasteiger partial charge < -0.3 is 60.2 Å². The molecule has 7 rings (SSSR count). The van der Waals surface area contributed by atoms with Gasteiger partial charge in [0, 0.05) is 55.3 Å². The monoisotopic (exact) mass is 850 g/mol. The SMILES string of the molecule is CC1=C([C@H](NC(=O)N2CCN(C3CCN(C(=O)Nc4ccc(O)c(O)c4C)CC3)C2=O)c2ccc(P(=O)(O)O)cc2)N[C@H]2Cc3ccc(F)c(C(=O)O)c3OB2OC(C)C1. The fourth-order valence-corrected chi connectivity index (χ4v) is 8.74. The molecule has 18 nitrogen and oxygen atoms in total. The van der Waals surface area contributed by atoms with Crippen LogP contribution in [0.3, 0.4) is 0 Å². The Kier molecular flexibility index (Phi) is 11.8. The van der Waals surface area contributed by atoms with E-state index in [1.54, 1.807) is 23.6 Å². The van der Waals surface area contributed by atoms with Crippen LogP contribution in [0.1, 0.15) is 66.2 Å². The highest BCUT2D eigenvalue weighted by molar-refractivity contribution is 7.60. The summed E-state index contributed by atoms with van der Waals surface area (Å²) in [5, 5.41) is 38.5. The summed E-state index contributed by atoms with van der Waals surface area (Å²) in [6.07, 6.45) is 0.819. The van der Waals surface area contributed by atoms with Gasteiger partial charge in [-0.2, -0.15) is 0 Å². The minimum absolute atomic E-state index is 0.0625. The van der Waals surface area contributed by atoms with Crippen molar-refractivity contribution in [1.82, 2.24) is 25.3 Å². The number of hydrogen-bond acceptors (Lipinski definition) is 10. The predicted octanol–water partition coefficient (Wildman–Crippen LogP) is 3.93. The van der Waals surface area contributed by atoms with E-state index in [0.717, 1.165) is 16.5 Å². The number of nitrogens with one attached hydrogen (secondary N) is 3. The van der Waals surface area contributed by atoms with Gasteiger partial charge in [-0.15, -0.1) is 0 Å². The van der Waals surface area contributed by atoms with Crippen molar-refractivity contribution >= 4 is 49.8 Å². The molecule has 3 aromatic rings. The molecular weight excluding hydrogens is 805 g/mol. The fourth-order valence-electron chi connectivity index (χ4n) is 8.20. The lowest BCUT2D eigenvalue weighted by atomic mass is 9.70. The zero-order valence-corrected chi connectivity index (χ0v) is 33.8. The van der Waals surface area contributed by atoms with Crippen LogP contribution >= 0.6 is 7.60 Å². The molecule has 4 aliphatic rings. The lowest BCUT2D eigenvalue weighted by Crippen LogP contribution is -2.56. The van der Waals surface area contributed by atoms with Crippen LogP contribution in [0.15, 0.2) is 59.8 Å². The van der Waals surface area contributed by atoms with Crippen molar-refractivity contribution in [3.8, 4) is 17.2 Å². The highest BCUT2D eigenvalue weighted by atomic mass is 31.2. The molecule has 0 spiro atoms. The van der Waals surface area contributed by atoms with E-state index in [1.165, 1.54) is 42.5 Å². The lowest BCUT2D eigenvalue weighted by molar-refractivity contribution is 0.0687. The van der Waals surface area contributed by atoms with Crippen molar-refractivity contribution in [2.24, 2.45) is 0 Å². The summed E-state index contributed by atoms with van der Waals surface area (Å²) in [6.45, 7) is 6.10. The molecule has 0 radical (unpaired) electrons. The van der Waals surface area contributed by atoms with Crippen LogP contribution in [0.5, 0.6) is 17.2 Å². The average molecular weight is 851 g/mol. The number of carbonyl (C=O) groups excluding carboxylic acids is 3. The molecule has 0 aromatic heterocycles. The maximum atomic E-state index is 14.7. The van der Waals surface area contributed by atoms with Gasteiger partial charge in [0.2, 0.25) is 0 Å². The number of hydrogen-bond donors (Lipinski definition) is 8. The molecule has 0 bridgehead atoms. The maximum absolute atomic E-state index is 14.7. The van der Waals surface area contributed by atoms with Gasteiger partial charge >= 0.3 is 38.8 Å². The minimum Gasteiger partial charge on any atom is -0.534 e. The van der Waals surface area contributed by atoms with Gasteiger partial charge in [-0.25, -0.2) is 28.5 Å². The number of carboxylic acids is 1. The minimum atomic E-state index is -4.62. The molecule has 0 saturated carbocycles. The summed E-state index contributed by atoms with van der Waals surface area (Å²) < 4.78 is 38.9. The Hall–Kier alpha value is -5.82. The van der Waals surface area contributed by atoms with Crippen molar-refractivity contribution in [3.63, 3.8) is 0 Å². The number of piperidine rings is 1. The molecule has 3 atom stereocenters. The van der Waals surface area contributed by atoms with E-state index in [9.17, 15) is 53.2 Å². The highest BCUT2D eigenvalue weighted by Gasteiger charge is 2.45. The number of likely N-dealkylation sites (tertiary alicyclic amines) is 1. The number of carboxylic acid groups (broad SMARTS) is 1. The first-order valence-corrected chi connectivity index (χ1v) is 21.0. The Morgan fingerprint density at radius 2 is 1.67 bits per heavy atom. The Bertz CT molecular complexity index is 2300. The summed E-state index contributed by atoms with van der Waals surface area (Å²) in [7, 11) is -5.70. The van der Waals surface area contributed by atoms with Crippen LogP contribution in [0, 0.1) is 12.7 Å². The highest BCUT2D eigenvalue weighted by Crippen LogP contribution is 2.38. The topological polar surface area (TPSA) is 251 Å². The van der Waals surface area contributed by atoms with E-state index in [4.69, 9.17) is 9.31 Å². The number of urea groups is 3. The number of phenols is 2. The second-order valence-corrected chi connectivity index (χ2v) is 17.0. The number of halogens is 1. The number of imide groups is 1. The molecule has 2 saturated heterocycles. The van der Waals surface area contributed by atoms with Gasteiger partial charge in [0.25, 0.3) is 0 Å². The molecular formula is C39H45BFN6O12P. The van der Waals surface area contributed by atoms with E-state index < -0.39 is 68.2 Å². The Morgan fingerprint density at radius 3 is 2.33 bits per heavy atom. The van der Waals surface area contributed by atoms with Gasteiger partial charge in [0.05, 0.1) is 17.3 Å². The number of nitrogens with zero attached hydrogens (tertiary/aromatic N) is 3. The van der Waals surface area contributed by atoms with Crippen LogP contribution in [-0.2, 0) is 15.6 Å². The zero-order chi connectivity index (χ0) is 43.2. The first-order valence-electron chi connectivity index (χ1n) is 19.4. The third-order valence-electron chi connectivity index (χ3n) is 11.4. The summed E-state index contributed by atoms with van der Waals surface area (Å²) in [4.78, 5) is 77.0. The molecule has 4 aliphatic heterocycles. The molecule has 4 heterocycles. The Morgan fingerprint density at radius 1 is 0.967 bits per heavy atom. The second-order valence-electron chi connectivity index (χ2n) is 15.4. The molecule has 21 heteroatoms. The number of aromatic carboxylic acids is 1. The third-order valence-corrected chi connectivity index (χ3v) is 12.4. The second kappa shape index (κ2) is 16.7. The quantitative estimate of drug-likeness (QED) is 0.0727. The number of anilines is 1. The molecule has 318 valence electrons. The maximum Gasteiger partial charge on any atom is 0.549 e. The number of benzene rings is 3. The van der Waals surface area contributed by atoms with Gasteiger partial charge in [-0.05, 0) is 93.5 Å². The molecule has 2 fully saturated rings. The standard InChI is InChI=1S/C39H45BFN6O12P/c1-20-18-21(2)58-40-30(19-24-6-9-27(41)31(36(50)51)35(24)59-40)43-32(20)33(23-4-7-26(8-5-23)60(55,56)57)44-38(53)47-17-16-46(39(47)54)25-12-14-45(15-13-25)37(52)42-28-10-11-29(48)34(49)22(28)3/h4-11,21,25,30,33,43,48-49H,12-19H2,1-3H3,(H,42,52)(H,44,53)(H,50,51)(H2,55,56,57)/t21?,30-,33+/m0/s1. The molecule has 3 aromatic carbocycles. The summed E-state index contributed by atoms with van der Waals surface area (Å²) in [6, 6.07) is 7.78. The first-order chi connectivity index (χ1) is 28.4. The van der Waals surface area contributed by atoms with Crippen molar-refractivity contribution < 1.29 is 62.5 Å². The normalized spacial score (nSPS) is 20.3. The molecule has 60 heavy (non-hydrogen) atoms. The molecule has 6 amide bonds. The third kappa shape index (κ3) is 8.45. The van der Waals surface area contributed by atoms with Crippen LogP contribution in [0.25, 0.3) is 0 Å². The predicted molar refractivity (Wildman–Crippen MR) is 215 cm³/mol. The van der Waals surface area contributed by atoms with Gasteiger partial charge in [0.1, 0.15) is 17.1 Å². The Labute approximate surface area is 344 Å². The van der Waals surface area contributed by atoms with Gasteiger partial charge in [0.15, 0.2) is 11.5 Å². The van der Waals surface area contributed by atoms with E-state index in [0.29, 0.717) is 60.4 Å². The Balaban J connectivity index is 1.09. The number of aromatic hydroxyl groups is 2. The largest absolute Gasteiger partial charge is 0.549 e. The van der Waals surface area contributed by atoms with E-state index in [1.807, 2.05) is 6.92 Å². The number of amides is 6. The average Bonchev–Trinajstić information content (AvgIpc) is 3.59. The lowest BCUT2D eigenvalue weighted by Gasteiger charge is -2.38. The van der Waals surface area contributed by atoms with Crippen molar-refractivity contribution in [3.05, 3.63) is 87.9 Å². The molecule has 1 unspecified atom stereocenters. The van der Waals surface area contributed by atoms with E-state index >= 15 is 0 Å². The first kappa shape index (κ1) is 42.3. The number of carbonyl (C=O) groups is 4. The number of fused-ring (bicyclic) bond motifs is 2. The fraction of sp³-hybridized carbons (Fsp3) is 0.385. The van der Waals surface area contributed by atoms with E-state index in [2.05, 4.69) is 16.0 Å². The summed E-state index contributed by atoms with van der Waals surface area (Å²) in [5.74, 6) is -3.92. The molecule has 8 N–H and O–H groups in total. The molecule has 0 aliphatic carbocycles. The number of phenolic OH excluding ortho intramolecular Hbond substituents is 2. The van der Waals surface area contributed by atoms with Crippen LogP contribution < -0.4 is 25.9 Å². The van der Waals surface area contributed by atoms with Crippen LogP contribution in [0.2, 0.25) is 0 Å².